The lowest BCUT2D eigenvalue weighted by atomic mass is 9.97. The molecule has 0 spiro atoms. The minimum atomic E-state index is -0.378. The van der Waals surface area contributed by atoms with Crippen LogP contribution >= 0.6 is 11.6 Å². The number of nitrogens with two attached hydrogens (primary N) is 1. The normalized spacial score (nSPS) is 18.0. The number of benzene rings is 1. The number of halogens is 1. The van der Waals surface area contributed by atoms with Gasteiger partial charge >= 0.3 is 0 Å². The van der Waals surface area contributed by atoms with Crippen molar-refractivity contribution in [1.82, 2.24) is 9.78 Å². The standard InChI is InChI=1S/C16H17ClN4O2/c17-14-13(20-8-4-5-11(10-20)15(18)22)9-19-21(16(14)23)12-6-2-1-3-7-12/h1-3,6-7,9,11H,4-5,8,10H2,(H2,18,22). The number of para-hydroxylation sites is 1. The third-order valence-corrected chi connectivity index (χ3v) is 4.42. The molecule has 1 fully saturated rings. The van der Waals surface area contributed by atoms with Gasteiger partial charge in [0.2, 0.25) is 5.91 Å². The number of primary amides is 1. The van der Waals surface area contributed by atoms with Crippen LogP contribution in [0.3, 0.4) is 0 Å². The molecule has 0 bridgehead atoms. The number of aromatic nitrogens is 2. The summed E-state index contributed by atoms with van der Waals surface area (Å²) in [6.07, 6.45) is 3.16. The molecule has 7 heteroatoms. The molecule has 6 nitrogen and oxygen atoms in total. The lowest BCUT2D eigenvalue weighted by Gasteiger charge is -2.33. The Bertz CT molecular complexity index is 775. The Labute approximate surface area is 138 Å². The van der Waals surface area contributed by atoms with E-state index in [9.17, 15) is 9.59 Å². The van der Waals surface area contributed by atoms with E-state index < -0.39 is 0 Å². The van der Waals surface area contributed by atoms with Crippen LogP contribution in [0.25, 0.3) is 5.69 Å². The number of piperidine rings is 1. The molecule has 1 aliphatic rings. The number of carbonyl (C=O) groups is 1. The van der Waals surface area contributed by atoms with Gasteiger partial charge in [-0.1, -0.05) is 29.8 Å². The highest BCUT2D eigenvalue weighted by molar-refractivity contribution is 6.33. The molecule has 1 saturated heterocycles. The molecular formula is C16H17ClN4O2. The molecule has 0 radical (unpaired) electrons. The van der Waals surface area contributed by atoms with Crippen molar-refractivity contribution in [2.24, 2.45) is 11.7 Å². The smallest absolute Gasteiger partial charge is 0.292 e. The summed E-state index contributed by atoms with van der Waals surface area (Å²) in [7, 11) is 0. The largest absolute Gasteiger partial charge is 0.369 e. The predicted molar refractivity (Wildman–Crippen MR) is 89.0 cm³/mol. The van der Waals surface area contributed by atoms with E-state index >= 15 is 0 Å². The van der Waals surface area contributed by atoms with Gasteiger partial charge in [0.05, 0.1) is 23.5 Å². The van der Waals surface area contributed by atoms with Crippen LogP contribution in [0, 0.1) is 5.92 Å². The van der Waals surface area contributed by atoms with E-state index in [1.807, 2.05) is 23.1 Å². The first-order chi connectivity index (χ1) is 11.1. The first-order valence-corrected chi connectivity index (χ1v) is 7.83. The van der Waals surface area contributed by atoms with Crippen molar-refractivity contribution in [3.63, 3.8) is 0 Å². The molecule has 1 unspecified atom stereocenters. The van der Waals surface area contributed by atoms with Crippen molar-refractivity contribution in [2.75, 3.05) is 18.0 Å². The summed E-state index contributed by atoms with van der Waals surface area (Å²) in [5, 5.41) is 4.32. The Morgan fingerprint density at radius 3 is 2.74 bits per heavy atom. The third-order valence-electron chi connectivity index (χ3n) is 4.07. The zero-order chi connectivity index (χ0) is 16.4. The van der Waals surface area contributed by atoms with Gasteiger partial charge in [-0.2, -0.15) is 9.78 Å². The van der Waals surface area contributed by atoms with Gasteiger partial charge in [-0.05, 0) is 25.0 Å². The van der Waals surface area contributed by atoms with Gasteiger partial charge in [0, 0.05) is 13.1 Å². The molecule has 1 aromatic heterocycles. The fourth-order valence-corrected chi connectivity index (χ4v) is 3.07. The van der Waals surface area contributed by atoms with Gasteiger partial charge in [0.15, 0.2) is 0 Å². The fraction of sp³-hybridized carbons (Fsp3) is 0.312. The number of anilines is 1. The second-order valence-electron chi connectivity index (χ2n) is 5.58. The van der Waals surface area contributed by atoms with Gasteiger partial charge in [-0.25, -0.2) is 0 Å². The lowest BCUT2D eigenvalue weighted by molar-refractivity contribution is -0.122. The summed E-state index contributed by atoms with van der Waals surface area (Å²) in [5.41, 5.74) is 6.22. The second-order valence-corrected chi connectivity index (χ2v) is 5.96. The van der Waals surface area contributed by atoms with E-state index in [1.165, 1.54) is 4.68 Å². The molecule has 120 valence electrons. The Hall–Kier alpha value is -2.34. The molecule has 2 heterocycles. The van der Waals surface area contributed by atoms with E-state index in [1.54, 1.807) is 18.3 Å². The fourth-order valence-electron chi connectivity index (χ4n) is 2.83. The first-order valence-electron chi connectivity index (χ1n) is 7.45. The Kier molecular flexibility index (Phi) is 4.34. The summed E-state index contributed by atoms with van der Waals surface area (Å²) in [6, 6.07) is 9.09. The highest BCUT2D eigenvalue weighted by atomic mass is 35.5. The van der Waals surface area contributed by atoms with Crippen molar-refractivity contribution < 1.29 is 4.79 Å². The average molecular weight is 333 g/mol. The van der Waals surface area contributed by atoms with Crippen molar-refractivity contribution >= 4 is 23.2 Å². The number of carbonyl (C=O) groups excluding carboxylic acids is 1. The number of amides is 1. The number of nitrogens with zero attached hydrogens (tertiary/aromatic N) is 3. The van der Waals surface area contributed by atoms with Gasteiger partial charge in [0.25, 0.3) is 5.56 Å². The molecule has 1 aromatic carbocycles. The Balaban J connectivity index is 1.95. The molecular weight excluding hydrogens is 316 g/mol. The predicted octanol–water partition coefficient (Wildman–Crippen LogP) is 1.59. The van der Waals surface area contributed by atoms with E-state index in [0.29, 0.717) is 17.9 Å². The van der Waals surface area contributed by atoms with Crippen molar-refractivity contribution in [2.45, 2.75) is 12.8 Å². The topological polar surface area (TPSA) is 81.2 Å². The van der Waals surface area contributed by atoms with Gasteiger partial charge in [-0.15, -0.1) is 0 Å². The number of rotatable bonds is 3. The summed E-state index contributed by atoms with van der Waals surface area (Å²) >= 11 is 6.28. The lowest BCUT2D eigenvalue weighted by Crippen LogP contribution is -2.42. The minimum absolute atomic E-state index is 0.106. The molecule has 1 aliphatic heterocycles. The van der Waals surface area contributed by atoms with E-state index in [0.717, 1.165) is 19.4 Å². The van der Waals surface area contributed by atoms with Crippen LogP contribution in [-0.2, 0) is 4.79 Å². The monoisotopic (exact) mass is 332 g/mol. The average Bonchev–Trinajstić information content (AvgIpc) is 2.58. The summed E-state index contributed by atoms with van der Waals surface area (Å²) in [5.74, 6) is -0.548. The zero-order valence-electron chi connectivity index (χ0n) is 12.5. The van der Waals surface area contributed by atoms with Gasteiger partial charge in [0.1, 0.15) is 5.02 Å². The number of hydrogen-bond donors (Lipinski definition) is 1. The Morgan fingerprint density at radius 2 is 2.04 bits per heavy atom. The SMILES string of the molecule is NC(=O)C1CCCN(c2cnn(-c3ccccc3)c(=O)c2Cl)C1. The third kappa shape index (κ3) is 3.07. The maximum atomic E-state index is 12.5. The van der Waals surface area contributed by atoms with Crippen LogP contribution in [-0.4, -0.2) is 28.8 Å². The van der Waals surface area contributed by atoms with Crippen LogP contribution in [0.4, 0.5) is 5.69 Å². The van der Waals surface area contributed by atoms with Gasteiger partial charge < -0.3 is 10.6 Å². The van der Waals surface area contributed by atoms with Crippen LogP contribution in [0.5, 0.6) is 0 Å². The minimum Gasteiger partial charge on any atom is -0.369 e. The van der Waals surface area contributed by atoms with Crippen molar-refractivity contribution in [1.29, 1.82) is 0 Å². The van der Waals surface area contributed by atoms with E-state index in [-0.39, 0.29) is 22.4 Å². The molecule has 3 rings (SSSR count). The van der Waals surface area contributed by atoms with E-state index in [2.05, 4.69) is 5.10 Å². The molecule has 2 N–H and O–H groups in total. The van der Waals surface area contributed by atoms with Crippen LogP contribution in [0.15, 0.2) is 41.3 Å². The van der Waals surface area contributed by atoms with Crippen molar-refractivity contribution in [3.05, 3.63) is 51.9 Å². The summed E-state index contributed by atoms with van der Waals surface area (Å²) in [4.78, 5) is 25.8. The highest BCUT2D eigenvalue weighted by Gasteiger charge is 2.26. The summed E-state index contributed by atoms with van der Waals surface area (Å²) in [6.45, 7) is 1.19. The molecule has 0 aliphatic carbocycles. The first kappa shape index (κ1) is 15.6. The maximum Gasteiger partial charge on any atom is 0.292 e. The molecule has 1 amide bonds. The quantitative estimate of drug-likeness (QED) is 0.925. The van der Waals surface area contributed by atoms with Crippen LogP contribution in [0.1, 0.15) is 12.8 Å². The van der Waals surface area contributed by atoms with E-state index in [4.69, 9.17) is 17.3 Å². The molecule has 2 aromatic rings. The Morgan fingerprint density at radius 1 is 1.30 bits per heavy atom. The zero-order valence-corrected chi connectivity index (χ0v) is 13.2. The summed E-state index contributed by atoms with van der Waals surface area (Å²) < 4.78 is 1.27. The molecule has 1 atom stereocenters. The van der Waals surface area contributed by atoms with Crippen LogP contribution in [0.2, 0.25) is 5.02 Å². The van der Waals surface area contributed by atoms with Gasteiger partial charge in [-0.3, -0.25) is 9.59 Å². The van der Waals surface area contributed by atoms with Crippen molar-refractivity contribution in [3.8, 4) is 5.69 Å². The number of hydrogen-bond acceptors (Lipinski definition) is 4. The highest BCUT2D eigenvalue weighted by Crippen LogP contribution is 2.27. The maximum absolute atomic E-state index is 12.5. The molecule has 23 heavy (non-hydrogen) atoms. The van der Waals surface area contributed by atoms with Crippen LogP contribution < -0.4 is 16.2 Å². The molecule has 0 saturated carbocycles. The second kappa shape index (κ2) is 6.42.